The summed E-state index contributed by atoms with van der Waals surface area (Å²) in [5.41, 5.74) is 1.31. The van der Waals surface area contributed by atoms with Crippen LogP contribution in [-0.4, -0.2) is 38.9 Å². The van der Waals surface area contributed by atoms with Gasteiger partial charge in [-0.05, 0) is 31.7 Å². The van der Waals surface area contributed by atoms with Crippen LogP contribution in [0.3, 0.4) is 0 Å². The molecule has 0 spiro atoms. The molecule has 1 aromatic carbocycles. The summed E-state index contributed by atoms with van der Waals surface area (Å²) in [4.78, 5) is 11.5. The molecule has 0 aliphatic rings. The minimum atomic E-state index is -3.32. The summed E-state index contributed by atoms with van der Waals surface area (Å²) in [5.74, 6) is -0.183. The van der Waals surface area contributed by atoms with E-state index >= 15 is 0 Å². The van der Waals surface area contributed by atoms with Crippen molar-refractivity contribution in [2.24, 2.45) is 0 Å². The highest BCUT2D eigenvalue weighted by atomic mass is 32.2. The predicted molar refractivity (Wildman–Crippen MR) is 76.9 cm³/mol. The van der Waals surface area contributed by atoms with Crippen molar-refractivity contribution in [1.29, 1.82) is 0 Å². The molecule has 0 heterocycles. The van der Waals surface area contributed by atoms with Gasteiger partial charge >= 0.3 is 6.03 Å². The van der Waals surface area contributed by atoms with Crippen LogP contribution in [0.15, 0.2) is 24.3 Å². The number of amides is 2. The van der Waals surface area contributed by atoms with Crippen molar-refractivity contribution in [3.63, 3.8) is 0 Å². The van der Waals surface area contributed by atoms with Gasteiger partial charge in [0.25, 0.3) is 0 Å². The maximum atomic E-state index is 11.5. The summed E-state index contributed by atoms with van der Waals surface area (Å²) in [6, 6.07) is 6.23. The SMILES string of the molecule is CNS(=O)(=O)CCNC(=O)Nc1ccc(C(C)O)cc1. The van der Waals surface area contributed by atoms with Crippen molar-refractivity contribution in [3.05, 3.63) is 29.8 Å². The zero-order chi connectivity index (χ0) is 15.2. The molecule has 0 radical (unpaired) electrons. The average Bonchev–Trinajstić information content (AvgIpc) is 2.39. The molecule has 1 atom stereocenters. The standard InChI is InChI=1S/C12H19N3O4S/c1-9(16)10-3-5-11(6-4-10)15-12(17)14-7-8-20(18,19)13-2/h3-6,9,13,16H,7-8H2,1-2H3,(H2,14,15,17). The number of aliphatic hydroxyl groups excluding tert-OH is 1. The monoisotopic (exact) mass is 301 g/mol. The molecule has 0 aliphatic heterocycles. The Hall–Kier alpha value is -1.64. The summed E-state index contributed by atoms with van der Waals surface area (Å²) in [6.45, 7) is 1.66. The van der Waals surface area contributed by atoms with Crippen LogP contribution >= 0.6 is 0 Å². The molecule has 1 unspecified atom stereocenters. The van der Waals surface area contributed by atoms with Crippen LogP contribution in [-0.2, 0) is 10.0 Å². The van der Waals surface area contributed by atoms with Gasteiger partial charge in [0.2, 0.25) is 10.0 Å². The first-order chi connectivity index (χ1) is 9.34. The number of anilines is 1. The van der Waals surface area contributed by atoms with E-state index in [0.717, 1.165) is 5.56 Å². The number of carbonyl (C=O) groups is 1. The number of rotatable bonds is 6. The first-order valence-corrected chi connectivity index (χ1v) is 7.73. The first-order valence-electron chi connectivity index (χ1n) is 6.08. The van der Waals surface area contributed by atoms with Crippen LogP contribution in [0.1, 0.15) is 18.6 Å². The van der Waals surface area contributed by atoms with Crippen LogP contribution in [0, 0.1) is 0 Å². The first kappa shape index (κ1) is 16.4. The lowest BCUT2D eigenvalue weighted by Crippen LogP contribution is -2.35. The molecule has 7 nitrogen and oxygen atoms in total. The van der Waals surface area contributed by atoms with Gasteiger partial charge in [0.15, 0.2) is 0 Å². The molecular formula is C12H19N3O4S. The maximum Gasteiger partial charge on any atom is 0.319 e. The molecule has 1 aromatic rings. The van der Waals surface area contributed by atoms with Crippen molar-refractivity contribution >= 4 is 21.7 Å². The molecular weight excluding hydrogens is 282 g/mol. The zero-order valence-electron chi connectivity index (χ0n) is 11.4. The van der Waals surface area contributed by atoms with Gasteiger partial charge in [0, 0.05) is 12.2 Å². The summed E-state index contributed by atoms with van der Waals surface area (Å²) >= 11 is 0. The normalized spacial score (nSPS) is 12.8. The molecule has 0 aromatic heterocycles. The number of hydrogen-bond donors (Lipinski definition) is 4. The van der Waals surface area contributed by atoms with Crippen molar-refractivity contribution in [2.75, 3.05) is 24.7 Å². The van der Waals surface area contributed by atoms with Crippen LogP contribution in [0.2, 0.25) is 0 Å². The fraction of sp³-hybridized carbons (Fsp3) is 0.417. The molecule has 1 rings (SSSR count). The van der Waals surface area contributed by atoms with Crippen molar-refractivity contribution in [2.45, 2.75) is 13.0 Å². The summed E-state index contributed by atoms with van der Waals surface area (Å²) in [6.07, 6.45) is -0.565. The number of benzene rings is 1. The second-order valence-electron chi connectivity index (χ2n) is 4.20. The van der Waals surface area contributed by atoms with Gasteiger partial charge in [-0.2, -0.15) is 0 Å². The molecule has 0 saturated carbocycles. The van der Waals surface area contributed by atoms with E-state index < -0.39 is 22.2 Å². The second-order valence-corrected chi connectivity index (χ2v) is 6.25. The van der Waals surface area contributed by atoms with E-state index in [-0.39, 0.29) is 12.3 Å². The Labute approximate surface area is 118 Å². The van der Waals surface area contributed by atoms with Gasteiger partial charge in [-0.1, -0.05) is 12.1 Å². The Morgan fingerprint density at radius 3 is 2.40 bits per heavy atom. The molecule has 0 bridgehead atoms. The van der Waals surface area contributed by atoms with Gasteiger partial charge < -0.3 is 15.7 Å². The summed E-state index contributed by atoms with van der Waals surface area (Å²) < 4.78 is 24.4. The number of aliphatic hydroxyl groups is 1. The van der Waals surface area contributed by atoms with E-state index in [0.29, 0.717) is 5.69 Å². The lowest BCUT2D eigenvalue weighted by atomic mass is 10.1. The highest BCUT2D eigenvalue weighted by molar-refractivity contribution is 7.89. The van der Waals surface area contributed by atoms with E-state index in [1.165, 1.54) is 7.05 Å². The van der Waals surface area contributed by atoms with Gasteiger partial charge in [-0.25, -0.2) is 17.9 Å². The van der Waals surface area contributed by atoms with Gasteiger partial charge in [0.1, 0.15) is 0 Å². The molecule has 112 valence electrons. The van der Waals surface area contributed by atoms with E-state index in [9.17, 15) is 18.3 Å². The molecule has 20 heavy (non-hydrogen) atoms. The number of nitrogens with one attached hydrogen (secondary N) is 3. The average molecular weight is 301 g/mol. The number of urea groups is 1. The van der Waals surface area contributed by atoms with E-state index in [2.05, 4.69) is 15.4 Å². The Bertz CT molecular complexity index is 540. The van der Waals surface area contributed by atoms with Crippen LogP contribution < -0.4 is 15.4 Å². The Kier molecular flexibility index (Phi) is 5.93. The summed E-state index contributed by atoms with van der Waals surface area (Å²) in [7, 11) is -2.00. The highest BCUT2D eigenvalue weighted by Gasteiger charge is 2.08. The van der Waals surface area contributed by atoms with Gasteiger partial charge in [0.05, 0.1) is 11.9 Å². The quantitative estimate of drug-likeness (QED) is 0.610. The molecule has 0 aliphatic carbocycles. The smallest absolute Gasteiger partial charge is 0.319 e. The van der Waals surface area contributed by atoms with E-state index in [1.54, 1.807) is 31.2 Å². The van der Waals surface area contributed by atoms with Crippen LogP contribution in [0.5, 0.6) is 0 Å². The molecule has 0 saturated heterocycles. The Morgan fingerprint density at radius 1 is 1.30 bits per heavy atom. The fourth-order valence-electron chi connectivity index (χ4n) is 1.42. The third kappa shape index (κ3) is 5.55. The van der Waals surface area contributed by atoms with Crippen LogP contribution in [0.4, 0.5) is 10.5 Å². The lowest BCUT2D eigenvalue weighted by molar-refractivity contribution is 0.199. The topological polar surface area (TPSA) is 108 Å². The number of carbonyl (C=O) groups excluding carboxylic acids is 1. The second kappa shape index (κ2) is 7.22. The predicted octanol–water partition coefficient (Wildman–Crippen LogP) is 0.411. The molecule has 0 fully saturated rings. The Morgan fingerprint density at radius 2 is 1.90 bits per heavy atom. The minimum absolute atomic E-state index is 0.0146. The lowest BCUT2D eigenvalue weighted by Gasteiger charge is -2.09. The maximum absolute atomic E-state index is 11.5. The van der Waals surface area contributed by atoms with E-state index in [4.69, 9.17) is 0 Å². The van der Waals surface area contributed by atoms with Gasteiger partial charge in [-0.15, -0.1) is 0 Å². The third-order valence-corrected chi connectivity index (χ3v) is 3.98. The Balaban J connectivity index is 2.43. The zero-order valence-corrected chi connectivity index (χ0v) is 12.2. The van der Waals surface area contributed by atoms with E-state index in [1.807, 2.05) is 0 Å². The van der Waals surface area contributed by atoms with Gasteiger partial charge in [-0.3, -0.25) is 0 Å². The molecule has 8 heteroatoms. The van der Waals surface area contributed by atoms with Crippen molar-refractivity contribution in [1.82, 2.24) is 10.0 Å². The van der Waals surface area contributed by atoms with Crippen LogP contribution in [0.25, 0.3) is 0 Å². The van der Waals surface area contributed by atoms with Crippen molar-refractivity contribution in [3.8, 4) is 0 Å². The molecule has 4 N–H and O–H groups in total. The number of hydrogen-bond acceptors (Lipinski definition) is 4. The fourth-order valence-corrected chi connectivity index (χ4v) is 2.00. The molecule has 2 amide bonds. The number of sulfonamides is 1. The summed E-state index contributed by atoms with van der Waals surface area (Å²) in [5, 5.41) is 14.4. The largest absolute Gasteiger partial charge is 0.389 e. The minimum Gasteiger partial charge on any atom is -0.389 e. The van der Waals surface area contributed by atoms with Crippen molar-refractivity contribution < 1.29 is 18.3 Å². The highest BCUT2D eigenvalue weighted by Crippen LogP contribution is 2.15. The third-order valence-electron chi connectivity index (χ3n) is 2.62.